The van der Waals surface area contributed by atoms with Crippen molar-refractivity contribution in [3.8, 4) is 11.5 Å². The molecule has 0 unspecified atom stereocenters. The van der Waals surface area contributed by atoms with Crippen molar-refractivity contribution in [2.75, 3.05) is 11.1 Å². The van der Waals surface area contributed by atoms with Crippen LogP contribution in [0.15, 0.2) is 44.6 Å². The van der Waals surface area contributed by atoms with Gasteiger partial charge in [0.25, 0.3) is 11.1 Å². The second kappa shape index (κ2) is 6.45. The first-order valence-electron chi connectivity index (χ1n) is 8.01. The Kier molecular flexibility index (Phi) is 4.12. The topological polar surface area (TPSA) is 98.2 Å². The molecule has 1 aliphatic rings. The summed E-state index contributed by atoms with van der Waals surface area (Å²) in [6, 6.07) is 7.01. The van der Waals surface area contributed by atoms with Crippen molar-refractivity contribution in [3.63, 3.8) is 0 Å². The molecule has 0 fully saturated rings. The molecule has 1 N–H and O–H groups in total. The normalized spacial score (nSPS) is 15.8. The highest BCUT2D eigenvalue weighted by Crippen LogP contribution is 2.33. The molecule has 0 bridgehead atoms. The van der Waals surface area contributed by atoms with Gasteiger partial charge in [0.15, 0.2) is 5.78 Å². The van der Waals surface area contributed by atoms with Crippen molar-refractivity contribution in [2.45, 2.75) is 25.0 Å². The highest BCUT2D eigenvalue weighted by atomic mass is 32.2. The molecule has 0 radical (unpaired) electrons. The van der Waals surface area contributed by atoms with Crippen molar-refractivity contribution < 1.29 is 18.4 Å². The number of Topliss-reactive ketones (excluding diaryl/α,β-unsaturated/α-hetero) is 1. The first kappa shape index (κ1) is 16.6. The zero-order chi connectivity index (χ0) is 18.3. The number of carbonyl (C=O) groups excluding carboxylic acids is 2. The number of anilines is 1. The number of benzene rings is 1. The average Bonchev–Trinajstić information content (AvgIpc) is 3.33. The average molecular weight is 369 g/mol. The molecule has 8 heteroatoms. The number of hydrogen-bond donors (Lipinski definition) is 1. The van der Waals surface area contributed by atoms with Gasteiger partial charge >= 0.3 is 0 Å². The molecule has 1 aromatic carbocycles. The van der Waals surface area contributed by atoms with Crippen LogP contribution in [0.25, 0.3) is 11.5 Å². The van der Waals surface area contributed by atoms with Crippen molar-refractivity contribution in [1.29, 1.82) is 0 Å². The fraction of sp³-hybridized carbons (Fsp3) is 0.222. The smallest absolute Gasteiger partial charge is 0.277 e. The zero-order valence-electron chi connectivity index (χ0n) is 14.1. The van der Waals surface area contributed by atoms with Gasteiger partial charge in [-0.15, -0.1) is 10.2 Å². The van der Waals surface area contributed by atoms with Gasteiger partial charge in [0.2, 0.25) is 5.91 Å². The molecular formula is C18H15N3O4S. The van der Waals surface area contributed by atoms with E-state index in [-0.39, 0.29) is 23.4 Å². The molecule has 3 aromatic rings. The first-order valence-corrected chi connectivity index (χ1v) is 9.00. The number of aromatic nitrogens is 2. The van der Waals surface area contributed by atoms with E-state index in [9.17, 15) is 9.59 Å². The number of nitrogens with zero attached hydrogens (tertiary/aromatic N) is 2. The second-order valence-corrected chi connectivity index (χ2v) is 6.91. The molecule has 0 aliphatic carbocycles. The minimum Gasteiger partial charge on any atom is -0.469 e. The summed E-state index contributed by atoms with van der Waals surface area (Å²) >= 11 is 1.18. The molecule has 2 aromatic heterocycles. The summed E-state index contributed by atoms with van der Waals surface area (Å²) in [5.74, 6) is 0.858. The number of aryl methyl sites for hydroxylation is 1. The quantitative estimate of drug-likeness (QED) is 0.541. The fourth-order valence-electron chi connectivity index (χ4n) is 2.78. The van der Waals surface area contributed by atoms with Gasteiger partial charge in [-0.25, -0.2) is 0 Å². The Morgan fingerprint density at radius 3 is 2.92 bits per heavy atom. The Labute approximate surface area is 153 Å². The van der Waals surface area contributed by atoms with E-state index in [1.54, 1.807) is 30.5 Å². The van der Waals surface area contributed by atoms with Crippen LogP contribution in [-0.2, 0) is 4.79 Å². The number of rotatable bonds is 5. The van der Waals surface area contributed by atoms with Gasteiger partial charge in [-0.05, 0) is 43.7 Å². The molecule has 3 heterocycles. The predicted octanol–water partition coefficient (Wildman–Crippen LogP) is 3.67. The van der Waals surface area contributed by atoms with E-state index in [1.807, 2.05) is 13.8 Å². The van der Waals surface area contributed by atoms with Crippen LogP contribution >= 0.6 is 11.8 Å². The molecule has 0 spiro atoms. The van der Waals surface area contributed by atoms with Crippen molar-refractivity contribution in [3.05, 3.63) is 47.4 Å². The Morgan fingerprint density at radius 1 is 1.31 bits per heavy atom. The Hall–Kier alpha value is -2.87. The maximum Gasteiger partial charge on any atom is 0.277 e. The van der Waals surface area contributed by atoms with Crippen LogP contribution in [0.1, 0.15) is 34.5 Å². The van der Waals surface area contributed by atoms with Crippen molar-refractivity contribution in [2.24, 2.45) is 0 Å². The van der Waals surface area contributed by atoms with E-state index in [2.05, 4.69) is 15.5 Å². The number of fused-ring (bicyclic) bond motifs is 1. The molecule has 132 valence electrons. The molecule has 0 saturated heterocycles. The van der Waals surface area contributed by atoms with Crippen LogP contribution in [0, 0.1) is 6.92 Å². The minimum atomic E-state index is -0.248. The summed E-state index contributed by atoms with van der Waals surface area (Å²) in [6.45, 7) is 3.63. The van der Waals surface area contributed by atoms with Gasteiger partial charge in [0, 0.05) is 11.3 Å². The third kappa shape index (κ3) is 2.92. The number of carbonyl (C=O) groups is 2. The maximum absolute atomic E-state index is 12.5. The van der Waals surface area contributed by atoms with Gasteiger partial charge in [-0.2, -0.15) is 0 Å². The van der Waals surface area contributed by atoms with Gasteiger partial charge in [-0.1, -0.05) is 11.8 Å². The van der Waals surface area contributed by atoms with Gasteiger partial charge in [-0.3, -0.25) is 9.59 Å². The first-order chi connectivity index (χ1) is 12.5. The summed E-state index contributed by atoms with van der Waals surface area (Å²) < 4.78 is 10.8. The van der Waals surface area contributed by atoms with Crippen molar-refractivity contribution >= 4 is 29.1 Å². The van der Waals surface area contributed by atoms with Gasteiger partial charge in [0.05, 0.1) is 23.5 Å². The van der Waals surface area contributed by atoms with Gasteiger partial charge in [0.1, 0.15) is 5.76 Å². The van der Waals surface area contributed by atoms with E-state index in [0.717, 1.165) is 16.8 Å². The van der Waals surface area contributed by atoms with Crippen LogP contribution in [0.2, 0.25) is 0 Å². The van der Waals surface area contributed by atoms with E-state index >= 15 is 0 Å². The summed E-state index contributed by atoms with van der Waals surface area (Å²) in [5, 5.41) is 11.1. The van der Waals surface area contributed by atoms with Crippen molar-refractivity contribution in [1.82, 2.24) is 10.2 Å². The highest BCUT2D eigenvalue weighted by molar-refractivity contribution is 7.99. The number of thioether (sulfide) groups is 1. The lowest BCUT2D eigenvalue weighted by atomic mass is 9.99. The summed E-state index contributed by atoms with van der Waals surface area (Å²) in [7, 11) is 0. The molecule has 1 aliphatic heterocycles. The van der Waals surface area contributed by atoms with E-state index in [0.29, 0.717) is 22.4 Å². The van der Waals surface area contributed by atoms with Crippen LogP contribution in [0.3, 0.4) is 0 Å². The zero-order valence-corrected chi connectivity index (χ0v) is 14.9. The number of ketones is 1. The molecular weight excluding hydrogens is 354 g/mol. The van der Waals surface area contributed by atoms with Crippen LogP contribution in [0.4, 0.5) is 5.69 Å². The van der Waals surface area contributed by atoms with Crippen LogP contribution in [-0.4, -0.2) is 27.6 Å². The molecule has 1 atom stereocenters. The lowest BCUT2D eigenvalue weighted by molar-refractivity contribution is -0.116. The summed E-state index contributed by atoms with van der Waals surface area (Å²) in [6.07, 6.45) is 1.56. The number of nitrogens with one attached hydrogen (secondary N) is 1. The lowest BCUT2D eigenvalue weighted by Crippen LogP contribution is -2.08. The Morgan fingerprint density at radius 2 is 2.15 bits per heavy atom. The molecule has 0 saturated carbocycles. The largest absolute Gasteiger partial charge is 0.469 e. The fourth-order valence-corrected chi connectivity index (χ4v) is 3.44. The lowest BCUT2D eigenvalue weighted by Gasteiger charge is -2.04. The van der Waals surface area contributed by atoms with Gasteiger partial charge < -0.3 is 14.2 Å². The monoisotopic (exact) mass is 369 g/mol. The van der Waals surface area contributed by atoms with Crippen LogP contribution < -0.4 is 5.32 Å². The molecule has 4 rings (SSSR count). The minimum absolute atomic E-state index is 0.0492. The second-order valence-electron chi connectivity index (χ2n) is 5.99. The highest BCUT2D eigenvalue weighted by Gasteiger charge is 2.27. The Balaban J connectivity index is 1.44. The summed E-state index contributed by atoms with van der Waals surface area (Å²) in [5.41, 5.74) is 2.91. The molecule has 26 heavy (non-hydrogen) atoms. The van der Waals surface area contributed by atoms with E-state index in [1.165, 1.54) is 11.8 Å². The van der Waals surface area contributed by atoms with E-state index in [4.69, 9.17) is 8.83 Å². The predicted molar refractivity (Wildman–Crippen MR) is 95.3 cm³/mol. The molecule has 7 nitrogen and oxygen atoms in total. The third-order valence-electron chi connectivity index (χ3n) is 4.31. The maximum atomic E-state index is 12.5. The number of hydrogen-bond acceptors (Lipinski definition) is 7. The Bertz CT molecular complexity index is 1010. The summed E-state index contributed by atoms with van der Waals surface area (Å²) in [4.78, 5) is 24.2. The standard InChI is InChI=1S/C18H15N3O4S/c1-9-13-7-11(3-4-14(13)19-16(9)23)15(22)8-26-18-21-20-17(25-18)12-5-6-24-10(12)2/h3-7,9H,8H2,1-2H3,(H,19,23)/t9-/m1/s1. The third-order valence-corrected chi connectivity index (χ3v) is 5.13. The van der Waals surface area contributed by atoms with E-state index < -0.39 is 0 Å². The SMILES string of the molecule is Cc1occc1-c1nnc(SCC(=O)c2ccc3c(c2)[C@@H](C)C(=O)N3)o1. The number of amides is 1. The van der Waals surface area contributed by atoms with Crippen LogP contribution in [0.5, 0.6) is 0 Å². The molecule has 1 amide bonds. The number of furan rings is 1.